The molecule has 0 radical (unpaired) electrons. The van der Waals surface area contributed by atoms with E-state index in [1.807, 2.05) is 0 Å². The van der Waals surface area contributed by atoms with Crippen molar-refractivity contribution in [3.8, 4) is 17.0 Å². The third kappa shape index (κ3) is 1.31. The van der Waals surface area contributed by atoms with E-state index in [9.17, 15) is 23.1 Å². The van der Waals surface area contributed by atoms with Gasteiger partial charge in [0.05, 0.1) is 11.3 Å². The monoisotopic (exact) mass is 260 g/mol. The van der Waals surface area contributed by atoms with Crippen LogP contribution in [0.5, 0.6) is 5.75 Å². The van der Waals surface area contributed by atoms with Crippen molar-refractivity contribution in [1.82, 2.24) is 9.78 Å². The molecule has 3 rings (SSSR count). The van der Waals surface area contributed by atoms with Crippen molar-refractivity contribution < 1.29 is 28.2 Å². The van der Waals surface area contributed by atoms with Crippen LogP contribution >= 0.6 is 0 Å². The molecule has 1 heterocycles. The Morgan fingerprint density at radius 1 is 1.39 bits per heavy atom. The van der Waals surface area contributed by atoms with Crippen molar-refractivity contribution in [2.24, 2.45) is 0 Å². The average molecular weight is 260 g/mol. The average Bonchev–Trinajstić information content (AvgIpc) is 2.83. The van der Waals surface area contributed by atoms with Gasteiger partial charge in [-0.15, -0.1) is 0 Å². The van der Waals surface area contributed by atoms with Gasteiger partial charge < -0.3 is 10.2 Å². The van der Waals surface area contributed by atoms with E-state index in [1.54, 1.807) is 0 Å². The van der Waals surface area contributed by atoms with Crippen LogP contribution in [0.3, 0.4) is 0 Å². The number of nitrogens with one attached hydrogen (secondary N) is 1. The smallest absolute Gasteiger partial charge is 0.433 e. The lowest BCUT2D eigenvalue weighted by Crippen LogP contribution is -2.19. The molecule has 8 heteroatoms. The number of aromatic nitrogens is 2. The zero-order valence-corrected chi connectivity index (χ0v) is 8.80. The van der Waals surface area contributed by atoms with E-state index in [4.69, 9.17) is 5.11 Å². The van der Waals surface area contributed by atoms with Gasteiger partial charge in [-0.25, -0.2) is 0 Å². The molecule has 0 fully saturated rings. The molecule has 0 bridgehead atoms. The maximum Gasteiger partial charge on any atom is 0.433 e. The van der Waals surface area contributed by atoms with E-state index >= 15 is 0 Å². The Bertz CT molecular complexity index is 638. The Kier molecular flexibility index (Phi) is 1.84. The number of hydrogen-bond donors (Lipinski definition) is 3. The van der Waals surface area contributed by atoms with Gasteiger partial charge in [-0.3, -0.25) is 14.6 Å². The summed E-state index contributed by atoms with van der Waals surface area (Å²) in [7, 11) is 0. The summed E-state index contributed by atoms with van der Waals surface area (Å²) < 4.78 is 39.3. The Balaban J connectivity index is 2.25. The quantitative estimate of drug-likeness (QED) is 0.655. The van der Waals surface area contributed by atoms with Gasteiger partial charge in [0, 0.05) is 12.0 Å². The first kappa shape index (κ1) is 11.0. The molecule has 0 saturated carbocycles. The predicted octanol–water partition coefficient (Wildman–Crippen LogP) is 1.63. The maximum atomic E-state index is 12.9. The van der Waals surface area contributed by atoms with E-state index in [-0.39, 0.29) is 11.3 Å². The van der Waals surface area contributed by atoms with Gasteiger partial charge in [-0.2, -0.15) is 13.2 Å². The van der Waals surface area contributed by atoms with Gasteiger partial charge in [-0.1, -0.05) is 0 Å². The molecule has 5 nitrogen and oxygen atoms in total. The number of carboxylic acids is 1. The molecule has 96 valence electrons. The van der Waals surface area contributed by atoms with Gasteiger partial charge in [0.1, 0.15) is 12.3 Å². The van der Waals surface area contributed by atoms with E-state index < -0.39 is 30.1 Å². The molecule has 3 N–H and O–H groups in total. The van der Waals surface area contributed by atoms with E-state index in [1.165, 1.54) is 0 Å². The predicted molar refractivity (Wildman–Crippen MR) is 52.5 cm³/mol. The number of fused-ring (bicyclic) bond motifs is 3. The highest BCUT2D eigenvalue weighted by molar-refractivity contribution is 5.87. The Morgan fingerprint density at radius 3 is 2.61 bits per heavy atom. The molecule has 0 aromatic rings. The number of aromatic hydroxyl groups is 1. The Hall–Kier alpha value is -2.12. The highest BCUT2D eigenvalue weighted by Gasteiger charge is 2.46. The second-order valence-corrected chi connectivity index (χ2v) is 4.17. The third-order valence-corrected chi connectivity index (χ3v) is 2.98. The minimum Gasteiger partial charge on any atom is -0.507 e. The zero-order valence-electron chi connectivity index (χ0n) is 8.80. The molecule has 1 aliphatic heterocycles. The van der Waals surface area contributed by atoms with Gasteiger partial charge in [0.25, 0.3) is 0 Å². The molecule has 3 aliphatic rings. The van der Waals surface area contributed by atoms with Crippen LogP contribution in [0.2, 0.25) is 0 Å². The minimum atomic E-state index is -4.73. The summed E-state index contributed by atoms with van der Waals surface area (Å²) in [5.41, 5.74) is -0.179. The molecule has 0 spiro atoms. The molecule has 0 amide bonds. The second kappa shape index (κ2) is 3.01. The number of hydrogen-bond acceptors (Lipinski definition) is 2. The first-order valence-corrected chi connectivity index (χ1v) is 5.04. The fourth-order valence-corrected chi connectivity index (χ4v) is 2.25. The zero-order chi connectivity index (χ0) is 13.2. The number of aliphatic carboxylic acids is 1. The lowest BCUT2D eigenvalue weighted by Gasteiger charge is -2.10. The van der Waals surface area contributed by atoms with Gasteiger partial charge in [0.2, 0.25) is 0 Å². The molecule has 0 aromatic carbocycles. The van der Waals surface area contributed by atoms with Gasteiger partial charge >= 0.3 is 12.1 Å². The number of aromatic amines is 1. The van der Waals surface area contributed by atoms with Crippen LogP contribution in [0.15, 0.2) is 0 Å². The molecule has 0 saturated heterocycles. The van der Waals surface area contributed by atoms with Crippen molar-refractivity contribution in [1.29, 1.82) is 0 Å². The highest BCUT2D eigenvalue weighted by Crippen LogP contribution is 2.55. The van der Waals surface area contributed by atoms with Crippen molar-refractivity contribution in [2.45, 2.75) is 19.1 Å². The summed E-state index contributed by atoms with van der Waals surface area (Å²) in [6, 6.07) is 0. The Labute approximate surface area is 97.8 Å². The van der Waals surface area contributed by atoms with Crippen LogP contribution in [0.4, 0.5) is 13.2 Å². The lowest BCUT2D eigenvalue weighted by molar-refractivity contribution is -0.146. The van der Waals surface area contributed by atoms with E-state index in [2.05, 4.69) is 5.10 Å². The Morgan fingerprint density at radius 2 is 2.06 bits per heavy atom. The second-order valence-electron chi connectivity index (χ2n) is 4.17. The standard InChI is InChI=1S/C10H7F3N2O3/c11-10(12,13)9-6-7(3-1-4(3)8(6)18)14-15(9)2-5(16)17/h14,18H,1-2H2,(H,16,17). The van der Waals surface area contributed by atoms with E-state index in [0.717, 1.165) is 0 Å². The highest BCUT2D eigenvalue weighted by atomic mass is 19.4. The normalized spacial score (nSPS) is 13.9. The van der Waals surface area contributed by atoms with Gasteiger partial charge in [-0.05, 0) is 5.56 Å². The van der Waals surface area contributed by atoms with Crippen molar-refractivity contribution in [2.75, 3.05) is 0 Å². The number of carboxylic acid groups (broad SMARTS) is 1. The summed E-state index contributed by atoms with van der Waals surface area (Å²) in [6.07, 6.45) is -4.28. The van der Waals surface area contributed by atoms with Crippen LogP contribution < -0.4 is 0 Å². The first-order chi connectivity index (χ1) is 8.30. The summed E-state index contributed by atoms with van der Waals surface area (Å²) in [5, 5.41) is 20.7. The molecule has 2 aliphatic carbocycles. The number of carbonyl (C=O) groups is 1. The van der Waals surface area contributed by atoms with Crippen LogP contribution in [0.25, 0.3) is 11.3 Å². The van der Waals surface area contributed by atoms with Crippen molar-refractivity contribution in [3.63, 3.8) is 0 Å². The topological polar surface area (TPSA) is 78.2 Å². The summed E-state index contributed by atoms with van der Waals surface area (Å²) in [6.45, 7) is -0.836. The molecular formula is C10H7F3N2O3. The first-order valence-electron chi connectivity index (χ1n) is 5.04. The number of H-pyrrole nitrogens is 1. The molecule has 0 atom stereocenters. The molecular weight excluding hydrogens is 253 g/mol. The van der Waals surface area contributed by atoms with E-state index in [0.29, 0.717) is 22.2 Å². The van der Waals surface area contributed by atoms with Crippen LogP contribution in [0.1, 0.15) is 16.8 Å². The molecule has 18 heavy (non-hydrogen) atoms. The van der Waals surface area contributed by atoms with Gasteiger partial charge in [0.15, 0.2) is 5.69 Å². The van der Waals surface area contributed by atoms with Crippen LogP contribution in [0, 0.1) is 0 Å². The summed E-state index contributed by atoms with van der Waals surface area (Å²) in [4.78, 5) is 10.6. The summed E-state index contributed by atoms with van der Waals surface area (Å²) in [5.74, 6) is -1.79. The lowest BCUT2D eigenvalue weighted by atomic mass is 10.1. The fourth-order valence-electron chi connectivity index (χ4n) is 2.25. The number of rotatable bonds is 2. The number of alkyl halides is 3. The fraction of sp³-hybridized carbons (Fsp3) is 0.300. The van der Waals surface area contributed by atoms with Crippen LogP contribution in [-0.2, 0) is 23.9 Å². The van der Waals surface area contributed by atoms with Crippen molar-refractivity contribution >= 4 is 5.97 Å². The maximum absolute atomic E-state index is 12.9. The molecule has 0 unspecified atom stereocenters. The summed E-state index contributed by atoms with van der Waals surface area (Å²) >= 11 is 0. The van der Waals surface area contributed by atoms with Crippen LogP contribution in [-0.4, -0.2) is 26.0 Å². The van der Waals surface area contributed by atoms with Crippen molar-refractivity contribution in [3.05, 3.63) is 16.8 Å². The number of nitrogens with zero attached hydrogens (tertiary/aromatic N) is 1. The third-order valence-electron chi connectivity index (χ3n) is 2.98. The SMILES string of the molecule is O=C(O)Cn1[nH]c2c3c(c(O)c-2c1C(F)(F)F)C3. The minimum absolute atomic E-state index is 0.177. The molecule has 0 aromatic heterocycles. The largest absolute Gasteiger partial charge is 0.507 e. The number of halogens is 3.